The van der Waals surface area contributed by atoms with Crippen molar-refractivity contribution >= 4 is 34.5 Å². The van der Waals surface area contributed by atoms with Gasteiger partial charge in [-0.2, -0.15) is 5.32 Å². The van der Waals surface area contributed by atoms with Crippen molar-refractivity contribution in [3.63, 3.8) is 0 Å². The van der Waals surface area contributed by atoms with E-state index in [0.717, 1.165) is 0 Å². The molecule has 47 valence electrons. The van der Waals surface area contributed by atoms with Crippen LogP contribution in [0.3, 0.4) is 0 Å². The third-order valence-electron chi connectivity index (χ3n) is 0.730. The maximum Gasteiger partial charge on any atom is 0.348 e. The zero-order valence-electron chi connectivity index (χ0n) is 4.22. The number of hydrogen-bond acceptors (Lipinski definition) is 2. The number of nitrogens with zero attached hydrogens (tertiary/aromatic N) is 1. The van der Waals surface area contributed by atoms with E-state index in [1.165, 1.54) is 6.20 Å². The van der Waals surface area contributed by atoms with Crippen molar-refractivity contribution in [1.29, 1.82) is 0 Å². The molecule has 1 N–H and O–H groups in total. The summed E-state index contributed by atoms with van der Waals surface area (Å²) in [5.41, 5.74) is 0. The predicted molar refractivity (Wildman–Crippen MR) is 37.8 cm³/mol. The molecule has 5 heteroatoms. The van der Waals surface area contributed by atoms with E-state index in [0.29, 0.717) is 3.58 Å². The van der Waals surface area contributed by atoms with Crippen LogP contribution in [-0.4, -0.2) is 11.9 Å². The predicted octanol–water partition coefficient (Wildman–Crippen LogP) is 0.117. The molecule has 9 heavy (non-hydrogen) atoms. The Hall–Kier alpha value is -0.590. The summed E-state index contributed by atoms with van der Waals surface area (Å²) in [7, 11) is 0. The minimum Gasteiger partial charge on any atom is -0.311 e. The molecule has 0 bridgehead atoms. The number of nitrogens with one attached hydrogen (secondary N) is 1. The van der Waals surface area contributed by atoms with Crippen molar-refractivity contribution in [2.24, 2.45) is 0 Å². The molecule has 1 radical (unpaired) electrons. The Labute approximate surface area is 64.8 Å². The van der Waals surface area contributed by atoms with Gasteiger partial charge in [0.2, 0.25) is 0 Å². The number of hydrogen-bond donors (Lipinski definition) is 1. The van der Waals surface area contributed by atoms with Crippen LogP contribution in [0.25, 0.3) is 0 Å². The van der Waals surface area contributed by atoms with E-state index in [2.05, 4.69) is 10.6 Å². The Morgan fingerprint density at radius 3 is 2.67 bits per heavy atom. The molecule has 0 atom stereocenters. The molecule has 0 aromatic heterocycles. The molecule has 0 aliphatic carbocycles. The van der Waals surface area contributed by atoms with E-state index in [1.807, 2.05) is 0 Å². The molecular formula is C4H2IN2O2. The lowest BCUT2D eigenvalue weighted by atomic mass is 10.5. The highest BCUT2D eigenvalue weighted by molar-refractivity contribution is 14.1. The number of carbonyl (C=O) groups excluding carboxylic acids is 2. The first-order valence-electron chi connectivity index (χ1n) is 2.12. The van der Waals surface area contributed by atoms with Gasteiger partial charge in [-0.1, -0.05) is 0 Å². The van der Waals surface area contributed by atoms with Gasteiger partial charge in [0.05, 0.1) is 3.58 Å². The van der Waals surface area contributed by atoms with Gasteiger partial charge in [0.1, 0.15) is 0 Å². The third kappa shape index (κ3) is 1.41. The van der Waals surface area contributed by atoms with Crippen LogP contribution in [0.4, 0.5) is 4.79 Å². The van der Waals surface area contributed by atoms with Crippen LogP contribution in [0, 0.1) is 0 Å². The van der Waals surface area contributed by atoms with Crippen LogP contribution in [0.15, 0.2) is 9.78 Å². The average Bonchev–Trinajstić information content (AvgIpc) is 1.80. The van der Waals surface area contributed by atoms with E-state index in [1.54, 1.807) is 22.6 Å². The Morgan fingerprint density at radius 2 is 2.22 bits per heavy atom. The summed E-state index contributed by atoms with van der Waals surface area (Å²) >= 11 is 1.80. The lowest BCUT2D eigenvalue weighted by molar-refractivity contribution is -0.116. The number of imide groups is 1. The number of carbonyl (C=O) groups is 2. The van der Waals surface area contributed by atoms with Crippen molar-refractivity contribution in [3.05, 3.63) is 9.78 Å². The van der Waals surface area contributed by atoms with Gasteiger partial charge in [-0.05, 0) is 22.6 Å². The fourth-order valence-electron chi connectivity index (χ4n) is 0.365. The monoisotopic (exact) mass is 237 g/mol. The van der Waals surface area contributed by atoms with E-state index in [9.17, 15) is 9.59 Å². The van der Waals surface area contributed by atoms with Crippen LogP contribution >= 0.6 is 22.6 Å². The van der Waals surface area contributed by atoms with Crippen LogP contribution < -0.4 is 10.6 Å². The summed E-state index contributed by atoms with van der Waals surface area (Å²) in [5, 5.41) is 5.37. The zero-order valence-corrected chi connectivity index (χ0v) is 6.38. The van der Waals surface area contributed by atoms with Gasteiger partial charge in [0, 0.05) is 6.20 Å². The smallest absolute Gasteiger partial charge is 0.311 e. The van der Waals surface area contributed by atoms with Crippen molar-refractivity contribution in [1.82, 2.24) is 10.6 Å². The largest absolute Gasteiger partial charge is 0.348 e. The summed E-state index contributed by atoms with van der Waals surface area (Å²) in [6, 6.07) is -0.597. The second-order valence-corrected chi connectivity index (χ2v) is 2.52. The fraction of sp³-hybridized carbons (Fsp3) is 0. The molecule has 0 aromatic rings. The fourth-order valence-corrected chi connectivity index (χ4v) is 0.641. The Bertz CT molecular complexity index is 199. The van der Waals surface area contributed by atoms with E-state index >= 15 is 0 Å². The lowest BCUT2D eigenvalue weighted by Gasteiger charge is -2.04. The summed E-state index contributed by atoms with van der Waals surface area (Å²) < 4.78 is 0.423. The molecule has 1 aliphatic heterocycles. The third-order valence-corrected chi connectivity index (χ3v) is 1.50. The number of rotatable bonds is 0. The van der Waals surface area contributed by atoms with Crippen molar-refractivity contribution < 1.29 is 9.59 Å². The molecule has 3 amide bonds. The highest BCUT2D eigenvalue weighted by Gasteiger charge is 2.17. The van der Waals surface area contributed by atoms with Crippen LogP contribution in [0.5, 0.6) is 0 Å². The first-order chi connectivity index (χ1) is 4.20. The quantitative estimate of drug-likeness (QED) is 0.608. The van der Waals surface area contributed by atoms with Crippen LogP contribution in [-0.2, 0) is 4.79 Å². The molecule has 0 saturated carbocycles. The Balaban J connectivity index is 2.79. The summed E-state index contributed by atoms with van der Waals surface area (Å²) in [6.45, 7) is 0. The molecule has 1 rings (SSSR count). The Kier molecular flexibility index (Phi) is 1.70. The molecule has 0 aromatic carbocycles. The number of urea groups is 1. The maximum absolute atomic E-state index is 10.5. The highest BCUT2D eigenvalue weighted by Crippen LogP contribution is 2.06. The lowest BCUT2D eigenvalue weighted by Crippen LogP contribution is -2.35. The molecule has 0 unspecified atom stereocenters. The summed E-state index contributed by atoms with van der Waals surface area (Å²) in [5.74, 6) is -0.473. The minimum atomic E-state index is -0.597. The molecule has 0 fully saturated rings. The minimum absolute atomic E-state index is 0.423. The maximum atomic E-state index is 10.5. The highest BCUT2D eigenvalue weighted by atomic mass is 127. The molecule has 1 aliphatic rings. The normalized spacial score (nSPS) is 18.1. The second-order valence-electron chi connectivity index (χ2n) is 1.36. The van der Waals surface area contributed by atoms with Crippen molar-refractivity contribution in [2.75, 3.05) is 0 Å². The summed E-state index contributed by atoms with van der Waals surface area (Å²) in [4.78, 5) is 20.8. The second kappa shape index (κ2) is 2.34. The Morgan fingerprint density at radius 1 is 1.56 bits per heavy atom. The number of halogens is 1. The average molecular weight is 237 g/mol. The molecule has 4 nitrogen and oxygen atoms in total. The van der Waals surface area contributed by atoms with Crippen LogP contribution in [0.1, 0.15) is 0 Å². The van der Waals surface area contributed by atoms with E-state index in [-0.39, 0.29) is 0 Å². The van der Waals surface area contributed by atoms with Gasteiger partial charge in [0.25, 0.3) is 5.91 Å². The van der Waals surface area contributed by atoms with Gasteiger partial charge in [-0.25, -0.2) is 4.79 Å². The van der Waals surface area contributed by atoms with Gasteiger partial charge in [0.15, 0.2) is 0 Å². The molecule has 0 saturated heterocycles. The van der Waals surface area contributed by atoms with Crippen molar-refractivity contribution in [2.45, 2.75) is 0 Å². The molecule has 1 heterocycles. The molecular weight excluding hydrogens is 235 g/mol. The standard InChI is InChI=1S/C4H2IN2O2/c5-2-1-6-4(9)7-3(2)8/h1H,(H,6,9). The van der Waals surface area contributed by atoms with Gasteiger partial charge >= 0.3 is 6.03 Å². The van der Waals surface area contributed by atoms with Gasteiger partial charge < -0.3 is 5.32 Å². The van der Waals surface area contributed by atoms with Crippen molar-refractivity contribution in [3.8, 4) is 0 Å². The van der Waals surface area contributed by atoms with E-state index in [4.69, 9.17) is 0 Å². The van der Waals surface area contributed by atoms with Gasteiger partial charge in [-0.15, -0.1) is 0 Å². The van der Waals surface area contributed by atoms with E-state index < -0.39 is 11.9 Å². The number of amides is 3. The topological polar surface area (TPSA) is 60.3 Å². The SMILES string of the molecule is O=C1[N]C(=O)C(I)=CN1. The summed E-state index contributed by atoms with van der Waals surface area (Å²) in [6.07, 6.45) is 1.33. The molecule has 0 spiro atoms. The van der Waals surface area contributed by atoms with Crippen LogP contribution in [0.2, 0.25) is 0 Å². The zero-order chi connectivity index (χ0) is 6.85. The first kappa shape index (κ1) is 6.53. The van der Waals surface area contributed by atoms with Gasteiger partial charge in [-0.3, -0.25) is 4.79 Å². The first-order valence-corrected chi connectivity index (χ1v) is 3.20.